The Morgan fingerprint density at radius 1 is 1.06 bits per heavy atom. The third kappa shape index (κ3) is 5.57. The highest BCUT2D eigenvalue weighted by Gasteiger charge is 2.28. The third-order valence-electron chi connectivity index (χ3n) is 4.01. The number of H-pyrrole nitrogens is 1. The smallest absolute Gasteiger partial charge is 0.300 e. The molecule has 0 saturated carbocycles. The topological polar surface area (TPSA) is 192 Å². The van der Waals surface area contributed by atoms with Crippen molar-refractivity contribution >= 4 is 40.1 Å². The number of carbonyl (C=O) groups excluding carboxylic acids is 2. The van der Waals surface area contributed by atoms with E-state index in [-0.39, 0.29) is 27.2 Å². The number of amides is 2. The molecular weight excluding hydrogens is 456 g/mol. The first-order valence-corrected chi connectivity index (χ1v) is 10.4. The van der Waals surface area contributed by atoms with E-state index in [1.54, 1.807) is 0 Å². The summed E-state index contributed by atoms with van der Waals surface area (Å²) in [5.41, 5.74) is -0.709. The van der Waals surface area contributed by atoms with Crippen molar-refractivity contribution in [2.75, 3.05) is 0 Å². The van der Waals surface area contributed by atoms with Crippen molar-refractivity contribution in [3.05, 3.63) is 61.8 Å². The van der Waals surface area contributed by atoms with Crippen LogP contribution in [0, 0.1) is 6.92 Å². The van der Waals surface area contributed by atoms with Crippen molar-refractivity contribution in [3.63, 3.8) is 0 Å². The summed E-state index contributed by atoms with van der Waals surface area (Å²) in [6, 6.07) is 0. The van der Waals surface area contributed by atoms with Crippen LogP contribution in [-0.4, -0.2) is 40.1 Å². The van der Waals surface area contributed by atoms with Gasteiger partial charge in [0.15, 0.2) is 4.90 Å². The summed E-state index contributed by atoms with van der Waals surface area (Å²) >= 11 is 0.404. The Hall–Kier alpha value is -3.01. The predicted octanol–water partition coefficient (Wildman–Crippen LogP) is 1.13. The summed E-state index contributed by atoms with van der Waals surface area (Å²) in [5.74, 6) is -2.39. The van der Waals surface area contributed by atoms with Crippen LogP contribution in [0.1, 0.15) is 18.1 Å². The number of allylic oxidation sites excluding steroid dienone is 4. The molecule has 0 saturated heterocycles. The lowest BCUT2D eigenvalue weighted by molar-refractivity contribution is -0.431. The minimum absolute atomic E-state index is 0.0205. The molecule has 1 aromatic rings. The van der Waals surface area contributed by atoms with E-state index in [1.807, 2.05) is 4.98 Å². The van der Waals surface area contributed by atoms with E-state index in [4.69, 9.17) is 5.26 Å². The third-order valence-corrected chi connectivity index (χ3v) is 5.82. The summed E-state index contributed by atoms with van der Waals surface area (Å²) in [7, 11) is -4.78. The number of pyridine rings is 1. The van der Waals surface area contributed by atoms with E-state index in [0.717, 1.165) is 0 Å². The number of hydrogen-bond acceptors (Lipinski definition) is 10. The Balaban J connectivity index is 2.33. The fraction of sp³-hybridized carbons (Fsp3) is 0.118. The van der Waals surface area contributed by atoms with Gasteiger partial charge in [0.05, 0.1) is 12.0 Å². The van der Waals surface area contributed by atoms with E-state index < -0.39 is 38.3 Å². The molecule has 2 rings (SSSR count). The molecule has 0 atom stereocenters. The molecule has 0 spiro atoms. The average molecular weight is 472 g/mol. The molecule has 0 aliphatic carbocycles. The fourth-order valence-corrected chi connectivity index (χ4v) is 3.88. The van der Waals surface area contributed by atoms with Crippen molar-refractivity contribution in [2.24, 2.45) is 0 Å². The van der Waals surface area contributed by atoms with E-state index in [1.165, 1.54) is 44.2 Å². The molecule has 1 aliphatic heterocycles. The van der Waals surface area contributed by atoms with Crippen LogP contribution >= 0.6 is 12.0 Å². The number of aromatic nitrogens is 1. The molecule has 14 heteroatoms. The lowest BCUT2D eigenvalue weighted by Crippen LogP contribution is -2.37. The molecule has 2 amide bonds. The maximum absolute atomic E-state index is 12.0. The van der Waals surface area contributed by atoms with Gasteiger partial charge in [0.1, 0.15) is 4.91 Å². The molecule has 0 radical (unpaired) electrons. The number of aromatic hydroxyl groups is 1. The number of nitrogens with one attached hydrogen (secondary N) is 2. The Morgan fingerprint density at radius 3 is 2.35 bits per heavy atom. The standard InChI is InChI=1S/C17H16N2O10S2/c1-8-10(14(20)18-16(22)12(8)30-29-28-24)6-4-3-5-7-11-9(2)13(31(25,26)27)17(23)19-15(11)21/h3-7,24H,1-2H3,(H,18,20,22)(H2,19,21,23)(H,25,26,27)/b4-3?,7-5?,10-6-. The molecule has 0 bridgehead atoms. The van der Waals surface area contributed by atoms with Crippen molar-refractivity contribution in [2.45, 2.75) is 18.7 Å². The van der Waals surface area contributed by atoms with Crippen LogP contribution in [0.4, 0.5) is 0 Å². The van der Waals surface area contributed by atoms with Crippen LogP contribution in [0.25, 0.3) is 6.08 Å². The second kappa shape index (κ2) is 9.86. The maximum atomic E-state index is 12.0. The molecule has 31 heavy (non-hydrogen) atoms. The Morgan fingerprint density at radius 2 is 1.74 bits per heavy atom. The van der Waals surface area contributed by atoms with E-state index in [0.29, 0.717) is 12.0 Å². The molecule has 1 aliphatic rings. The highest BCUT2D eigenvalue weighted by Crippen LogP contribution is 2.29. The Kier molecular flexibility index (Phi) is 7.72. The van der Waals surface area contributed by atoms with Gasteiger partial charge in [0, 0.05) is 11.1 Å². The first-order valence-electron chi connectivity index (χ1n) is 8.19. The van der Waals surface area contributed by atoms with Gasteiger partial charge in [-0.25, -0.2) is 5.26 Å². The minimum atomic E-state index is -4.78. The van der Waals surface area contributed by atoms with Crippen LogP contribution in [0.2, 0.25) is 0 Å². The van der Waals surface area contributed by atoms with Gasteiger partial charge in [-0.15, -0.1) is 4.33 Å². The van der Waals surface area contributed by atoms with Gasteiger partial charge in [-0.1, -0.05) is 23.3 Å². The number of carbonyl (C=O) groups is 2. The van der Waals surface area contributed by atoms with Crippen molar-refractivity contribution in [1.82, 2.24) is 10.3 Å². The molecule has 166 valence electrons. The summed E-state index contributed by atoms with van der Waals surface area (Å²) in [6.45, 7) is 2.71. The first kappa shape index (κ1) is 24.3. The average Bonchev–Trinajstić information content (AvgIpc) is 2.64. The molecule has 0 fully saturated rings. The minimum Gasteiger partial charge on any atom is -0.494 e. The normalized spacial score (nSPS) is 16.7. The summed E-state index contributed by atoms with van der Waals surface area (Å²) < 4.78 is 36.2. The van der Waals surface area contributed by atoms with Gasteiger partial charge < -0.3 is 5.11 Å². The van der Waals surface area contributed by atoms with Gasteiger partial charge in [0.25, 0.3) is 27.5 Å². The van der Waals surface area contributed by atoms with Crippen molar-refractivity contribution < 1.29 is 42.3 Å². The van der Waals surface area contributed by atoms with E-state index >= 15 is 0 Å². The quantitative estimate of drug-likeness (QED) is 0.0726. The number of aromatic amines is 1. The van der Waals surface area contributed by atoms with Gasteiger partial charge in [-0.05, 0) is 37.1 Å². The molecule has 0 aromatic carbocycles. The number of rotatable bonds is 7. The first-order chi connectivity index (χ1) is 14.5. The summed E-state index contributed by atoms with van der Waals surface area (Å²) in [5, 5.41) is 23.3. The van der Waals surface area contributed by atoms with Gasteiger partial charge in [0.2, 0.25) is 5.88 Å². The monoisotopic (exact) mass is 472 g/mol. The SMILES string of the molecule is CC1=C(SOOO)C(=O)NC(=O)/C1=C\C=CC=Cc1c(C)c(S(=O)(=O)O)c(O)[nH]c1=O. The highest BCUT2D eigenvalue weighted by atomic mass is 32.2. The van der Waals surface area contributed by atoms with E-state index in [2.05, 4.69) is 14.7 Å². The molecule has 5 N–H and O–H groups in total. The molecular formula is C17H16N2O10S2. The summed E-state index contributed by atoms with van der Waals surface area (Å²) in [4.78, 5) is 36.9. The Bertz CT molecular complexity index is 1210. The largest absolute Gasteiger partial charge is 0.494 e. The van der Waals surface area contributed by atoms with Crippen LogP contribution in [0.5, 0.6) is 5.88 Å². The van der Waals surface area contributed by atoms with Gasteiger partial charge in [-0.2, -0.15) is 8.42 Å². The van der Waals surface area contributed by atoms with Crippen molar-refractivity contribution in [3.8, 4) is 5.88 Å². The van der Waals surface area contributed by atoms with Crippen LogP contribution in [0.3, 0.4) is 0 Å². The molecule has 12 nitrogen and oxygen atoms in total. The lowest BCUT2D eigenvalue weighted by Gasteiger charge is -2.17. The van der Waals surface area contributed by atoms with Gasteiger partial charge in [-0.3, -0.25) is 29.2 Å². The second-order valence-corrected chi connectivity index (χ2v) is 8.00. The molecule has 1 aromatic heterocycles. The zero-order valence-electron chi connectivity index (χ0n) is 15.9. The Labute approximate surface area is 179 Å². The predicted molar refractivity (Wildman–Crippen MR) is 108 cm³/mol. The fourth-order valence-electron chi connectivity index (χ4n) is 2.63. The zero-order chi connectivity index (χ0) is 23.3. The maximum Gasteiger partial charge on any atom is 0.300 e. The highest BCUT2D eigenvalue weighted by molar-refractivity contribution is 7.99. The van der Waals surface area contributed by atoms with Crippen LogP contribution in [-0.2, 0) is 29.1 Å². The van der Waals surface area contributed by atoms with Gasteiger partial charge >= 0.3 is 0 Å². The second-order valence-electron chi connectivity index (χ2n) is 5.93. The molecule has 0 unspecified atom stereocenters. The summed E-state index contributed by atoms with van der Waals surface area (Å²) in [6.07, 6.45) is 6.76. The molecule has 2 heterocycles. The van der Waals surface area contributed by atoms with E-state index in [9.17, 15) is 32.5 Å². The lowest BCUT2D eigenvalue weighted by atomic mass is 10.0. The van der Waals surface area contributed by atoms with Crippen LogP contribution < -0.4 is 10.9 Å². The van der Waals surface area contributed by atoms with Crippen molar-refractivity contribution in [1.29, 1.82) is 0 Å². The van der Waals surface area contributed by atoms with Crippen LogP contribution in [0.15, 0.2) is 50.0 Å². The zero-order valence-corrected chi connectivity index (χ0v) is 17.5. The number of imide groups is 1. The number of hydrogen-bond donors (Lipinski definition) is 5.